The van der Waals surface area contributed by atoms with E-state index in [1.807, 2.05) is 26.0 Å². The second-order valence-corrected chi connectivity index (χ2v) is 10.6. The molecule has 0 radical (unpaired) electrons. The molecule has 2 aromatic rings. The number of ether oxygens (including phenoxy) is 1. The van der Waals surface area contributed by atoms with Crippen LogP contribution >= 0.6 is 0 Å². The summed E-state index contributed by atoms with van der Waals surface area (Å²) in [5.74, 6) is 2.76. The van der Waals surface area contributed by atoms with Gasteiger partial charge in [-0.15, -0.1) is 0 Å². The summed E-state index contributed by atoms with van der Waals surface area (Å²) in [6, 6.07) is 8.26. The molecule has 8 nitrogen and oxygen atoms in total. The smallest absolute Gasteiger partial charge is 0.232 e. The molecule has 2 saturated heterocycles. The van der Waals surface area contributed by atoms with Crippen LogP contribution in [0.25, 0.3) is 0 Å². The van der Waals surface area contributed by atoms with Crippen LogP contribution in [0, 0.1) is 0 Å². The number of likely N-dealkylation sites (tertiary alicyclic amines) is 1. The second-order valence-electron chi connectivity index (χ2n) is 8.63. The lowest BCUT2D eigenvalue weighted by Gasteiger charge is -2.37. The Morgan fingerprint density at radius 3 is 2.40 bits per heavy atom. The van der Waals surface area contributed by atoms with Crippen molar-refractivity contribution in [2.45, 2.75) is 51.2 Å². The molecular weight excluding hydrogens is 404 g/mol. The quantitative estimate of drug-likeness (QED) is 0.662. The Labute approximate surface area is 178 Å². The predicted octanol–water partition coefficient (Wildman–Crippen LogP) is 2.60. The number of piperidine rings is 1. The SMILES string of the molecule is CC(C)Oc1ccc(CN2CC(c3nc(C4CCN(S(C)(=O)=O)CC4)no3)C2)cc1. The Hall–Kier alpha value is -1.97. The summed E-state index contributed by atoms with van der Waals surface area (Å²) >= 11 is 0. The Kier molecular flexibility index (Phi) is 6.13. The predicted molar refractivity (Wildman–Crippen MR) is 113 cm³/mol. The topological polar surface area (TPSA) is 88.8 Å². The zero-order valence-corrected chi connectivity index (χ0v) is 18.6. The molecule has 4 rings (SSSR count). The number of sulfonamides is 1. The van der Waals surface area contributed by atoms with E-state index < -0.39 is 10.0 Å². The van der Waals surface area contributed by atoms with E-state index in [0.29, 0.717) is 19.0 Å². The van der Waals surface area contributed by atoms with Gasteiger partial charge in [-0.1, -0.05) is 17.3 Å². The van der Waals surface area contributed by atoms with Crippen molar-refractivity contribution in [2.75, 3.05) is 32.4 Å². The van der Waals surface area contributed by atoms with Gasteiger partial charge in [-0.2, -0.15) is 4.98 Å². The van der Waals surface area contributed by atoms with E-state index in [-0.39, 0.29) is 17.9 Å². The minimum atomic E-state index is -3.12. The maximum Gasteiger partial charge on any atom is 0.232 e. The molecule has 0 N–H and O–H groups in total. The molecule has 3 heterocycles. The standard InChI is InChI=1S/C21H30N4O4S/c1-15(2)28-19-6-4-16(5-7-19)12-24-13-18(14-24)21-22-20(23-29-21)17-8-10-25(11-9-17)30(3,26)27/h4-7,15,17-18H,8-14H2,1-3H3. The van der Waals surface area contributed by atoms with Crippen molar-refractivity contribution < 1.29 is 17.7 Å². The van der Waals surface area contributed by atoms with Gasteiger partial charge in [0.25, 0.3) is 0 Å². The summed E-state index contributed by atoms with van der Waals surface area (Å²) in [7, 11) is -3.12. The third-order valence-electron chi connectivity index (χ3n) is 5.75. The van der Waals surface area contributed by atoms with Gasteiger partial charge in [0.2, 0.25) is 15.9 Å². The lowest BCUT2D eigenvalue weighted by Crippen LogP contribution is -2.44. The number of nitrogens with zero attached hydrogens (tertiary/aromatic N) is 4. The van der Waals surface area contributed by atoms with E-state index in [4.69, 9.17) is 9.26 Å². The molecule has 30 heavy (non-hydrogen) atoms. The molecule has 0 atom stereocenters. The van der Waals surface area contributed by atoms with E-state index in [1.165, 1.54) is 16.1 Å². The van der Waals surface area contributed by atoms with E-state index in [2.05, 4.69) is 27.2 Å². The Bertz CT molecular complexity index is 944. The van der Waals surface area contributed by atoms with Gasteiger partial charge in [-0.25, -0.2) is 12.7 Å². The lowest BCUT2D eigenvalue weighted by molar-refractivity contribution is 0.117. The van der Waals surface area contributed by atoms with Gasteiger partial charge in [0.15, 0.2) is 5.82 Å². The minimum Gasteiger partial charge on any atom is -0.491 e. The van der Waals surface area contributed by atoms with Crippen molar-refractivity contribution in [3.05, 3.63) is 41.5 Å². The fourth-order valence-corrected chi connectivity index (χ4v) is 4.96. The highest BCUT2D eigenvalue weighted by Crippen LogP contribution is 2.31. The van der Waals surface area contributed by atoms with E-state index >= 15 is 0 Å². The summed E-state index contributed by atoms with van der Waals surface area (Å²) in [6.45, 7) is 7.78. The molecule has 9 heteroatoms. The van der Waals surface area contributed by atoms with Crippen molar-refractivity contribution in [1.29, 1.82) is 0 Å². The number of hydrogen-bond donors (Lipinski definition) is 0. The Morgan fingerprint density at radius 2 is 1.80 bits per heavy atom. The van der Waals surface area contributed by atoms with Crippen LogP contribution in [0.1, 0.15) is 55.8 Å². The average molecular weight is 435 g/mol. The van der Waals surface area contributed by atoms with Crippen molar-refractivity contribution in [2.24, 2.45) is 0 Å². The first-order valence-electron chi connectivity index (χ1n) is 10.5. The van der Waals surface area contributed by atoms with Crippen molar-refractivity contribution in [1.82, 2.24) is 19.3 Å². The molecule has 2 aliphatic heterocycles. The van der Waals surface area contributed by atoms with Crippen LogP contribution in [0.3, 0.4) is 0 Å². The van der Waals surface area contributed by atoms with Gasteiger partial charge in [-0.3, -0.25) is 4.90 Å². The monoisotopic (exact) mass is 434 g/mol. The molecule has 0 saturated carbocycles. The third kappa shape index (κ3) is 5.01. The highest BCUT2D eigenvalue weighted by molar-refractivity contribution is 7.88. The summed E-state index contributed by atoms with van der Waals surface area (Å²) in [4.78, 5) is 6.99. The van der Waals surface area contributed by atoms with Gasteiger partial charge in [0, 0.05) is 38.6 Å². The van der Waals surface area contributed by atoms with Crippen molar-refractivity contribution >= 4 is 10.0 Å². The molecule has 0 unspecified atom stereocenters. The van der Waals surface area contributed by atoms with Gasteiger partial charge in [0.05, 0.1) is 18.3 Å². The fraction of sp³-hybridized carbons (Fsp3) is 0.619. The van der Waals surface area contributed by atoms with Crippen molar-refractivity contribution in [3.8, 4) is 5.75 Å². The van der Waals surface area contributed by atoms with Crippen LogP contribution in [0.4, 0.5) is 0 Å². The summed E-state index contributed by atoms with van der Waals surface area (Å²) in [5.41, 5.74) is 1.26. The molecule has 0 aliphatic carbocycles. The van der Waals surface area contributed by atoms with E-state index in [1.54, 1.807) is 0 Å². The molecule has 1 aromatic carbocycles. The van der Waals surface area contributed by atoms with E-state index in [0.717, 1.165) is 44.0 Å². The average Bonchev–Trinajstić information content (AvgIpc) is 3.14. The maximum absolute atomic E-state index is 11.7. The van der Waals surface area contributed by atoms with Gasteiger partial charge in [-0.05, 0) is 44.4 Å². The number of benzene rings is 1. The van der Waals surface area contributed by atoms with Crippen LogP contribution < -0.4 is 4.74 Å². The summed E-state index contributed by atoms with van der Waals surface area (Å²) < 4.78 is 36.1. The molecular formula is C21H30N4O4S. The van der Waals surface area contributed by atoms with Gasteiger partial charge < -0.3 is 9.26 Å². The molecule has 2 fully saturated rings. The van der Waals surface area contributed by atoms with Crippen LogP contribution in [0.5, 0.6) is 5.75 Å². The molecule has 1 aromatic heterocycles. The van der Waals surface area contributed by atoms with E-state index in [9.17, 15) is 8.42 Å². The summed E-state index contributed by atoms with van der Waals surface area (Å²) in [6.07, 6.45) is 2.91. The van der Waals surface area contributed by atoms with Gasteiger partial charge >= 0.3 is 0 Å². The summed E-state index contributed by atoms with van der Waals surface area (Å²) in [5, 5.41) is 4.19. The van der Waals surface area contributed by atoms with Crippen LogP contribution in [0.15, 0.2) is 28.8 Å². The number of hydrogen-bond acceptors (Lipinski definition) is 7. The zero-order valence-electron chi connectivity index (χ0n) is 17.8. The van der Waals surface area contributed by atoms with Crippen LogP contribution in [-0.2, 0) is 16.6 Å². The molecule has 0 bridgehead atoms. The Morgan fingerprint density at radius 1 is 1.13 bits per heavy atom. The number of rotatable bonds is 7. The van der Waals surface area contributed by atoms with Gasteiger partial charge in [0.1, 0.15) is 5.75 Å². The maximum atomic E-state index is 11.7. The third-order valence-corrected chi connectivity index (χ3v) is 7.06. The lowest BCUT2D eigenvalue weighted by atomic mass is 9.97. The van der Waals surface area contributed by atoms with Crippen LogP contribution in [-0.4, -0.2) is 66.3 Å². The highest BCUT2D eigenvalue weighted by Gasteiger charge is 2.34. The molecule has 0 amide bonds. The minimum absolute atomic E-state index is 0.170. The zero-order chi connectivity index (χ0) is 21.3. The molecule has 164 valence electrons. The first-order chi connectivity index (χ1) is 14.3. The second kappa shape index (κ2) is 8.64. The van der Waals surface area contributed by atoms with Crippen LogP contribution in [0.2, 0.25) is 0 Å². The first-order valence-corrected chi connectivity index (χ1v) is 12.4. The molecule has 2 aliphatic rings. The fourth-order valence-electron chi connectivity index (χ4n) is 4.08. The molecule has 0 spiro atoms. The normalized spacial score (nSPS) is 19.9. The number of aromatic nitrogens is 2. The van der Waals surface area contributed by atoms with Crippen molar-refractivity contribution in [3.63, 3.8) is 0 Å². The highest BCUT2D eigenvalue weighted by atomic mass is 32.2. The largest absolute Gasteiger partial charge is 0.491 e. The first kappa shape index (κ1) is 21.3. The Balaban J connectivity index is 1.25.